The summed E-state index contributed by atoms with van der Waals surface area (Å²) in [7, 11) is 0. The van der Waals surface area contributed by atoms with E-state index in [1.54, 1.807) is 13.8 Å². The molecular formula is C8H6Cl4Na2. The zero-order valence-electron chi connectivity index (χ0n) is 8.51. The molecule has 0 saturated carbocycles. The molecule has 1 aromatic rings. The van der Waals surface area contributed by atoms with Crippen molar-refractivity contribution in [1.82, 2.24) is 0 Å². The summed E-state index contributed by atoms with van der Waals surface area (Å²) in [6.07, 6.45) is 0. The maximum Gasteiger partial charge on any atom is 0.0784 e. The van der Waals surface area contributed by atoms with Crippen molar-refractivity contribution in [2.45, 2.75) is 13.8 Å². The van der Waals surface area contributed by atoms with Gasteiger partial charge in [-0.1, -0.05) is 46.4 Å². The molecule has 0 bridgehead atoms. The van der Waals surface area contributed by atoms with Crippen LogP contribution in [0.15, 0.2) is 0 Å². The third-order valence-corrected chi connectivity index (χ3v) is 3.79. The first-order chi connectivity index (χ1) is 5.46. The van der Waals surface area contributed by atoms with Gasteiger partial charge in [0.1, 0.15) is 0 Å². The number of rotatable bonds is 0. The fourth-order valence-corrected chi connectivity index (χ4v) is 1.90. The van der Waals surface area contributed by atoms with Crippen LogP contribution in [0.3, 0.4) is 0 Å². The van der Waals surface area contributed by atoms with E-state index in [0.717, 1.165) is 11.1 Å². The van der Waals surface area contributed by atoms with E-state index in [2.05, 4.69) is 0 Å². The van der Waals surface area contributed by atoms with Gasteiger partial charge < -0.3 is 0 Å². The van der Waals surface area contributed by atoms with Crippen molar-refractivity contribution in [3.63, 3.8) is 0 Å². The predicted molar refractivity (Wildman–Crippen MR) is 67.5 cm³/mol. The van der Waals surface area contributed by atoms with Gasteiger partial charge in [-0.25, -0.2) is 0 Å². The van der Waals surface area contributed by atoms with Gasteiger partial charge in [0, 0.05) is 64.1 Å². The van der Waals surface area contributed by atoms with E-state index in [1.807, 2.05) is 0 Å². The Morgan fingerprint density at radius 3 is 1.14 bits per heavy atom. The third kappa shape index (κ3) is 3.70. The van der Waals surface area contributed by atoms with Gasteiger partial charge in [0.05, 0.1) is 15.1 Å². The first-order valence-electron chi connectivity index (χ1n) is 3.26. The minimum absolute atomic E-state index is 0. The van der Waals surface area contributed by atoms with Gasteiger partial charge in [-0.05, 0) is 25.0 Å². The molecule has 0 heterocycles. The van der Waals surface area contributed by atoms with Gasteiger partial charge >= 0.3 is 0 Å². The molecule has 0 aliphatic carbocycles. The second-order valence-electron chi connectivity index (χ2n) is 2.51. The zero-order valence-corrected chi connectivity index (χ0v) is 15.5. The summed E-state index contributed by atoms with van der Waals surface area (Å²) < 4.78 is 0. The Morgan fingerprint density at radius 2 is 0.857 bits per heavy atom. The Morgan fingerprint density at radius 1 is 0.571 bits per heavy atom. The molecule has 6 heteroatoms. The summed E-state index contributed by atoms with van der Waals surface area (Å²) in [6, 6.07) is 0. The number of hydrogen-bond acceptors (Lipinski definition) is 0. The topological polar surface area (TPSA) is 0 Å². The van der Waals surface area contributed by atoms with E-state index >= 15 is 0 Å². The monoisotopic (exact) mass is 288 g/mol. The van der Waals surface area contributed by atoms with Crippen LogP contribution in [0, 0.1) is 13.8 Å². The van der Waals surface area contributed by atoms with Gasteiger partial charge in [-0.15, -0.1) is 0 Å². The molecular weight excluding hydrogens is 284 g/mol. The van der Waals surface area contributed by atoms with E-state index in [9.17, 15) is 0 Å². The summed E-state index contributed by atoms with van der Waals surface area (Å²) in [5.74, 6) is 0. The van der Waals surface area contributed by atoms with Crippen LogP contribution in [-0.4, -0.2) is 59.1 Å². The summed E-state index contributed by atoms with van der Waals surface area (Å²) in [4.78, 5) is 0. The summed E-state index contributed by atoms with van der Waals surface area (Å²) in [5.41, 5.74) is 1.54. The zero-order chi connectivity index (χ0) is 9.46. The Hall–Kier alpha value is 2.38. The van der Waals surface area contributed by atoms with Crippen molar-refractivity contribution < 1.29 is 0 Å². The molecule has 0 amide bonds. The Bertz CT molecular complexity index is 234. The van der Waals surface area contributed by atoms with E-state index in [0.29, 0.717) is 20.1 Å². The van der Waals surface area contributed by atoms with E-state index in [-0.39, 0.29) is 59.1 Å². The molecule has 1 rings (SSSR count). The molecule has 14 heavy (non-hydrogen) atoms. The van der Waals surface area contributed by atoms with Crippen LogP contribution >= 0.6 is 46.4 Å². The van der Waals surface area contributed by atoms with Gasteiger partial charge in [-0.3, -0.25) is 0 Å². The number of hydrogen-bond donors (Lipinski definition) is 0. The van der Waals surface area contributed by atoms with Gasteiger partial charge in [-0.2, -0.15) is 0 Å². The molecule has 0 unspecified atom stereocenters. The van der Waals surface area contributed by atoms with Crippen LogP contribution in [0.5, 0.6) is 0 Å². The number of benzene rings is 1. The average Bonchev–Trinajstić information content (AvgIpc) is 2.08. The Balaban J connectivity index is 0. The summed E-state index contributed by atoms with van der Waals surface area (Å²) in [5, 5.41) is 1.81. The van der Waals surface area contributed by atoms with Crippen LogP contribution in [0.25, 0.3) is 0 Å². The quantitative estimate of drug-likeness (QED) is 0.382. The molecule has 1 aromatic carbocycles. The van der Waals surface area contributed by atoms with Crippen LogP contribution in [0.4, 0.5) is 0 Å². The number of halogens is 4. The molecule has 68 valence electrons. The minimum atomic E-state index is 0. The fraction of sp³-hybridized carbons (Fsp3) is 0.250. The molecule has 2 radical (unpaired) electrons. The van der Waals surface area contributed by atoms with Crippen molar-refractivity contribution in [2.24, 2.45) is 0 Å². The summed E-state index contributed by atoms with van der Waals surface area (Å²) >= 11 is 23.5. The normalized spacial score (nSPS) is 9.00. The predicted octanol–water partition coefficient (Wildman–Crippen LogP) is 4.16. The fourth-order valence-electron chi connectivity index (χ4n) is 0.900. The van der Waals surface area contributed by atoms with Crippen LogP contribution in [0.1, 0.15) is 11.1 Å². The average molecular weight is 290 g/mol. The maximum atomic E-state index is 5.93. The van der Waals surface area contributed by atoms with E-state index < -0.39 is 0 Å². The molecule has 0 aliphatic heterocycles. The van der Waals surface area contributed by atoms with E-state index in [4.69, 9.17) is 46.4 Å². The molecule has 0 aromatic heterocycles. The van der Waals surface area contributed by atoms with Crippen molar-refractivity contribution in [3.8, 4) is 0 Å². The Kier molecular flexibility index (Phi) is 10.2. The molecule has 0 aliphatic rings. The van der Waals surface area contributed by atoms with Gasteiger partial charge in [0.25, 0.3) is 0 Å². The standard InChI is InChI=1S/C8H6Cl4.2Na/c1-3-5(9)4(2)7(11)8(12)6(3)10;;/h1-2H3;;. The van der Waals surface area contributed by atoms with Crippen molar-refractivity contribution >= 4 is 106 Å². The second kappa shape index (κ2) is 7.66. The first-order valence-corrected chi connectivity index (χ1v) is 4.77. The minimum Gasteiger partial charge on any atom is -0.0836 e. The first kappa shape index (κ1) is 18.7. The second-order valence-corrected chi connectivity index (χ2v) is 4.02. The van der Waals surface area contributed by atoms with Gasteiger partial charge in [0.15, 0.2) is 0 Å². The molecule has 0 saturated heterocycles. The van der Waals surface area contributed by atoms with Crippen LogP contribution in [-0.2, 0) is 0 Å². The largest absolute Gasteiger partial charge is 0.0836 e. The maximum absolute atomic E-state index is 5.93. The van der Waals surface area contributed by atoms with Crippen molar-refractivity contribution in [1.29, 1.82) is 0 Å². The van der Waals surface area contributed by atoms with E-state index in [1.165, 1.54) is 0 Å². The molecule has 0 nitrogen and oxygen atoms in total. The van der Waals surface area contributed by atoms with Crippen LogP contribution in [0.2, 0.25) is 20.1 Å². The Labute approximate surface area is 148 Å². The molecule has 0 fully saturated rings. The smallest absolute Gasteiger partial charge is 0.0784 e. The molecule has 0 N–H and O–H groups in total. The molecule has 0 atom stereocenters. The van der Waals surface area contributed by atoms with Crippen molar-refractivity contribution in [2.75, 3.05) is 0 Å². The third-order valence-electron chi connectivity index (χ3n) is 1.70. The SMILES string of the molecule is Cc1c(Cl)c(C)c(Cl)c(Cl)c1Cl.[Na].[Na]. The molecule has 0 spiro atoms. The summed E-state index contributed by atoms with van der Waals surface area (Å²) in [6.45, 7) is 3.61. The van der Waals surface area contributed by atoms with Gasteiger partial charge in [0.2, 0.25) is 0 Å². The van der Waals surface area contributed by atoms with Crippen LogP contribution < -0.4 is 0 Å². The van der Waals surface area contributed by atoms with Crippen molar-refractivity contribution in [3.05, 3.63) is 31.2 Å².